The lowest BCUT2D eigenvalue weighted by Crippen LogP contribution is -2.07. The largest absolute Gasteiger partial charge is 0.468 e. The van der Waals surface area contributed by atoms with Crippen LogP contribution in [0.5, 0.6) is 0 Å². The number of anilines is 1. The van der Waals surface area contributed by atoms with Gasteiger partial charge in [0.2, 0.25) is 5.95 Å². The summed E-state index contributed by atoms with van der Waals surface area (Å²) < 4.78 is 6.86. The average Bonchev–Trinajstić information content (AvgIpc) is 3.11. The lowest BCUT2D eigenvalue weighted by Gasteiger charge is -2.05. The minimum atomic E-state index is 0.470. The van der Waals surface area contributed by atoms with E-state index in [2.05, 4.69) is 25.4 Å². The van der Waals surface area contributed by atoms with Gasteiger partial charge in [0.05, 0.1) is 11.2 Å². The zero-order chi connectivity index (χ0) is 13.9. The third kappa shape index (κ3) is 2.50. The second kappa shape index (κ2) is 5.33. The van der Waals surface area contributed by atoms with Crippen LogP contribution in [0.4, 0.5) is 5.95 Å². The first-order valence-electron chi connectivity index (χ1n) is 5.92. The Morgan fingerprint density at radius 1 is 1.30 bits per heavy atom. The zero-order valence-corrected chi connectivity index (χ0v) is 11.8. The van der Waals surface area contributed by atoms with Crippen molar-refractivity contribution >= 4 is 17.7 Å². The first-order valence-corrected chi connectivity index (χ1v) is 6.73. The summed E-state index contributed by atoms with van der Waals surface area (Å²) in [6, 6.07) is 3.70. The predicted molar refractivity (Wildman–Crippen MR) is 74.1 cm³/mol. The molecule has 0 amide bonds. The number of furan rings is 1. The fraction of sp³-hybridized carbons (Fsp3) is 0.167. The van der Waals surface area contributed by atoms with Crippen molar-refractivity contribution < 1.29 is 4.42 Å². The van der Waals surface area contributed by atoms with Crippen molar-refractivity contribution in [2.45, 2.75) is 17.0 Å². The Morgan fingerprint density at radius 2 is 2.20 bits per heavy atom. The zero-order valence-electron chi connectivity index (χ0n) is 10.9. The molecule has 0 saturated carbocycles. The van der Waals surface area contributed by atoms with E-state index in [4.69, 9.17) is 4.42 Å². The Hall–Kier alpha value is -2.35. The van der Waals surface area contributed by atoms with Gasteiger partial charge in [0.1, 0.15) is 5.76 Å². The summed E-state index contributed by atoms with van der Waals surface area (Å²) in [6.45, 7) is 1.90. The molecule has 0 aliphatic carbocycles. The summed E-state index contributed by atoms with van der Waals surface area (Å²) in [4.78, 5) is 14.0. The van der Waals surface area contributed by atoms with E-state index in [1.807, 2.05) is 19.1 Å². The Kier molecular flexibility index (Phi) is 3.38. The molecular weight excluding hydrogens is 276 g/mol. The van der Waals surface area contributed by atoms with E-state index in [1.165, 1.54) is 11.8 Å². The van der Waals surface area contributed by atoms with Gasteiger partial charge in [0, 0.05) is 19.4 Å². The van der Waals surface area contributed by atoms with Crippen molar-refractivity contribution in [1.29, 1.82) is 0 Å². The molecule has 0 aliphatic heterocycles. The van der Waals surface area contributed by atoms with Crippen molar-refractivity contribution in [3.63, 3.8) is 0 Å². The van der Waals surface area contributed by atoms with Crippen LogP contribution < -0.4 is 5.32 Å². The van der Waals surface area contributed by atoms with Crippen molar-refractivity contribution in [3.8, 4) is 5.95 Å². The molecule has 0 saturated heterocycles. The number of aryl methyl sites for hydroxylation is 1. The van der Waals surface area contributed by atoms with Gasteiger partial charge >= 0.3 is 0 Å². The summed E-state index contributed by atoms with van der Waals surface area (Å²) >= 11 is 1.42. The van der Waals surface area contributed by atoms with Crippen LogP contribution in [-0.4, -0.2) is 31.8 Å². The van der Waals surface area contributed by atoms with E-state index < -0.39 is 0 Å². The molecule has 3 heterocycles. The number of hydrogen-bond acceptors (Lipinski definition) is 7. The number of hydrogen-bond donors (Lipinski definition) is 1. The van der Waals surface area contributed by atoms with Gasteiger partial charge in [-0.2, -0.15) is 20.1 Å². The highest BCUT2D eigenvalue weighted by atomic mass is 32.2. The molecule has 102 valence electrons. The van der Waals surface area contributed by atoms with Crippen LogP contribution >= 0.6 is 11.8 Å². The molecule has 1 N–H and O–H groups in total. The quantitative estimate of drug-likeness (QED) is 0.787. The van der Waals surface area contributed by atoms with Crippen LogP contribution in [-0.2, 0) is 0 Å². The maximum atomic E-state index is 5.27. The summed E-state index contributed by atoms with van der Waals surface area (Å²) in [5.74, 6) is 1.80. The van der Waals surface area contributed by atoms with E-state index in [0.29, 0.717) is 17.1 Å². The van der Waals surface area contributed by atoms with Crippen LogP contribution in [0.2, 0.25) is 0 Å². The molecule has 0 fully saturated rings. The molecule has 0 spiro atoms. The molecule has 3 rings (SSSR count). The maximum Gasteiger partial charge on any atom is 0.256 e. The number of aromatic nitrogens is 5. The van der Waals surface area contributed by atoms with Crippen LogP contribution in [0, 0.1) is 6.92 Å². The number of nitrogens with zero attached hydrogens (tertiary/aromatic N) is 5. The lowest BCUT2D eigenvalue weighted by molar-refractivity contribution is 0.527. The van der Waals surface area contributed by atoms with Crippen molar-refractivity contribution in [2.24, 2.45) is 0 Å². The number of rotatable bonds is 4. The summed E-state index contributed by atoms with van der Waals surface area (Å²) in [6.07, 6.45) is 5.11. The SMILES string of the molecule is CNc1nc(Sc2ccoc2C)nc(-n2cccn2)n1. The molecule has 7 nitrogen and oxygen atoms in total. The third-order valence-corrected chi connectivity index (χ3v) is 3.56. The normalized spacial score (nSPS) is 10.7. The second-order valence-electron chi connectivity index (χ2n) is 3.89. The summed E-state index contributed by atoms with van der Waals surface area (Å²) in [7, 11) is 1.76. The first kappa shape index (κ1) is 12.7. The lowest BCUT2D eigenvalue weighted by atomic mass is 10.5. The second-order valence-corrected chi connectivity index (χ2v) is 4.89. The topological polar surface area (TPSA) is 81.7 Å². The van der Waals surface area contributed by atoms with Crippen LogP contribution in [0.15, 0.2) is 45.3 Å². The monoisotopic (exact) mass is 288 g/mol. The standard InChI is InChI=1S/C12H12N6OS/c1-8-9(4-7-19-8)20-12-16-10(13-2)15-11(17-12)18-6-3-5-14-18/h3-7H,1-2H3,(H,13,15,16,17). The first-order chi connectivity index (χ1) is 9.76. The highest BCUT2D eigenvalue weighted by Crippen LogP contribution is 2.29. The number of nitrogens with one attached hydrogen (secondary N) is 1. The van der Waals surface area contributed by atoms with Crippen LogP contribution in [0.3, 0.4) is 0 Å². The predicted octanol–water partition coefficient (Wildman–Crippen LogP) is 2.15. The maximum absolute atomic E-state index is 5.27. The Morgan fingerprint density at radius 3 is 2.85 bits per heavy atom. The minimum absolute atomic E-state index is 0.470. The Labute approximate surface area is 119 Å². The molecule has 0 bridgehead atoms. The van der Waals surface area contributed by atoms with Gasteiger partial charge < -0.3 is 9.73 Å². The summed E-state index contributed by atoms with van der Waals surface area (Å²) in [5, 5.41) is 7.63. The highest BCUT2D eigenvalue weighted by molar-refractivity contribution is 7.99. The Balaban J connectivity index is 1.98. The van der Waals surface area contributed by atoms with Gasteiger partial charge in [-0.1, -0.05) is 0 Å². The van der Waals surface area contributed by atoms with Crippen molar-refractivity contribution in [1.82, 2.24) is 24.7 Å². The van der Waals surface area contributed by atoms with E-state index in [1.54, 1.807) is 30.4 Å². The fourth-order valence-corrected chi connectivity index (χ4v) is 2.34. The third-order valence-electron chi connectivity index (χ3n) is 2.55. The molecule has 3 aromatic rings. The molecule has 0 atom stereocenters. The fourth-order valence-electron chi connectivity index (χ4n) is 1.57. The van der Waals surface area contributed by atoms with Crippen LogP contribution in [0.25, 0.3) is 5.95 Å². The molecule has 3 aromatic heterocycles. The average molecular weight is 288 g/mol. The molecule has 8 heteroatoms. The highest BCUT2D eigenvalue weighted by Gasteiger charge is 2.11. The van der Waals surface area contributed by atoms with Gasteiger partial charge in [0.15, 0.2) is 5.16 Å². The van der Waals surface area contributed by atoms with Gasteiger partial charge in [-0.05, 0) is 30.8 Å². The van der Waals surface area contributed by atoms with Gasteiger partial charge in [-0.15, -0.1) is 0 Å². The van der Waals surface area contributed by atoms with E-state index >= 15 is 0 Å². The van der Waals surface area contributed by atoms with Gasteiger partial charge in [0.25, 0.3) is 5.95 Å². The molecule has 20 heavy (non-hydrogen) atoms. The summed E-state index contributed by atoms with van der Waals surface area (Å²) in [5.41, 5.74) is 0. The van der Waals surface area contributed by atoms with Crippen molar-refractivity contribution in [2.75, 3.05) is 12.4 Å². The molecule has 0 aromatic carbocycles. The molecule has 0 aliphatic rings. The van der Waals surface area contributed by atoms with Crippen LogP contribution in [0.1, 0.15) is 5.76 Å². The van der Waals surface area contributed by atoms with E-state index in [0.717, 1.165) is 10.7 Å². The minimum Gasteiger partial charge on any atom is -0.468 e. The van der Waals surface area contributed by atoms with Gasteiger partial charge in [-0.3, -0.25) is 0 Å². The van der Waals surface area contributed by atoms with E-state index in [9.17, 15) is 0 Å². The smallest absolute Gasteiger partial charge is 0.256 e. The van der Waals surface area contributed by atoms with Gasteiger partial charge in [-0.25, -0.2) is 4.68 Å². The molecular formula is C12H12N6OS. The molecule has 0 radical (unpaired) electrons. The Bertz CT molecular complexity index is 709. The van der Waals surface area contributed by atoms with E-state index in [-0.39, 0.29) is 0 Å². The molecule has 0 unspecified atom stereocenters. The van der Waals surface area contributed by atoms with Crippen molar-refractivity contribution in [3.05, 3.63) is 36.5 Å².